The highest BCUT2D eigenvalue weighted by atomic mass is 16.5. The highest BCUT2D eigenvalue weighted by Crippen LogP contribution is 2.23. The highest BCUT2D eigenvalue weighted by molar-refractivity contribution is 5.98. The number of nitrogens with one attached hydrogen (secondary N) is 2. The lowest BCUT2D eigenvalue weighted by atomic mass is 10.0. The van der Waals surface area contributed by atoms with Gasteiger partial charge in [0.05, 0.1) is 14.2 Å². The number of benzene rings is 1. The van der Waals surface area contributed by atoms with Crippen LogP contribution in [-0.2, 0) is 4.79 Å². The fraction of sp³-hybridized carbons (Fsp3) is 0.529. The molecule has 0 radical (unpaired) electrons. The monoisotopic (exact) mass is 320 g/mol. The van der Waals surface area contributed by atoms with Gasteiger partial charge in [-0.25, -0.2) is 0 Å². The average Bonchev–Trinajstić information content (AvgIpc) is 3.35. The molecule has 1 aromatic rings. The van der Waals surface area contributed by atoms with Gasteiger partial charge in [0, 0.05) is 17.7 Å². The first-order valence-corrected chi connectivity index (χ1v) is 7.79. The zero-order chi connectivity index (χ0) is 17.0. The third kappa shape index (κ3) is 4.61. The predicted molar refractivity (Wildman–Crippen MR) is 86.8 cm³/mol. The summed E-state index contributed by atoms with van der Waals surface area (Å²) < 4.78 is 10.3. The zero-order valence-electron chi connectivity index (χ0n) is 14.0. The van der Waals surface area contributed by atoms with Crippen LogP contribution in [0, 0.1) is 5.92 Å². The number of rotatable bonds is 7. The maximum Gasteiger partial charge on any atom is 0.252 e. The summed E-state index contributed by atoms with van der Waals surface area (Å²) in [6.45, 7) is 3.81. The topological polar surface area (TPSA) is 76.7 Å². The second-order valence-corrected chi connectivity index (χ2v) is 6.08. The molecule has 1 fully saturated rings. The standard InChI is InChI=1S/C17H24N2O4/c1-10(2)15(17(21)18-12-5-6-12)19-16(20)11-7-13(22-3)9-14(8-11)23-4/h7-10,12,15H,5-6H2,1-4H3,(H,18,21)(H,19,20)/t15-/m1/s1. The van der Waals surface area contributed by atoms with Crippen LogP contribution in [0.5, 0.6) is 11.5 Å². The van der Waals surface area contributed by atoms with Crippen LogP contribution in [0.2, 0.25) is 0 Å². The van der Waals surface area contributed by atoms with E-state index in [2.05, 4.69) is 10.6 Å². The van der Waals surface area contributed by atoms with Crippen molar-refractivity contribution in [2.75, 3.05) is 14.2 Å². The average molecular weight is 320 g/mol. The molecule has 6 heteroatoms. The second-order valence-electron chi connectivity index (χ2n) is 6.08. The number of carbonyl (C=O) groups excluding carboxylic acids is 2. The molecular weight excluding hydrogens is 296 g/mol. The fourth-order valence-electron chi connectivity index (χ4n) is 2.22. The van der Waals surface area contributed by atoms with Crippen molar-refractivity contribution in [1.29, 1.82) is 0 Å². The molecule has 0 spiro atoms. The van der Waals surface area contributed by atoms with Gasteiger partial charge in [0.25, 0.3) is 5.91 Å². The molecule has 0 bridgehead atoms. The zero-order valence-corrected chi connectivity index (χ0v) is 14.0. The lowest BCUT2D eigenvalue weighted by Gasteiger charge is -2.22. The van der Waals surface area contributed by atoms with Gasteiger partial charge in [-0.2, -0.15) is 0 Å². The summed E-state index contributed by atoms with van der Waals surface area (Å²) in [6.07, 6.45) is 2.02. The van der Waals surface area contributed by atoms with E-state index >= 15 is 0 Å². The normalized spacial score (nSPS) is 15.0. The fourth-order valence-corrected chi connectivity index (χ4v) is 2.22. The van der Waals surface area contributed by atoms with Crippen molar-refractivity contribution in [3.63, 3.8) is 0 Å². The Balaban J connectivity index is 2.12. The summed E-state index contributed by atoms with van der Waals surface area (Å²) in [5.41, 5.74) is 0.395. The molecule has 23 heavy (non-hydrogen) atoms. The molecule has 1 aromatic carbocycles. The van der Waals surface area contributed by atoms with Gasteiger partial charge in [-0.1, -0.05) is 13.8 Å². The van der Waals surface area contributed by atoms with Crippen LogP contribution in [0.3, 0.4) is 0 Å². The molecule has 0 heterocycles. The van der Waals surface area contributed by atoms with Crippen molar-refractivity contribution in [2.45, 2.75) is 38.8 Å². The van der Waals surface area contributed by atoms with Crippen molar-refractivity contribution in [1.82, 2.24) is 10.6 Å². The summed E-state index contributed by atoms with van der Waals surface area (Å²) in [4.78, 5) is 24.8. The van der Waals surface area contributed by atoms with Crippen LogP contribution in [0.25, 0.3) is 0 Å². The number of methoxy groups -OCH3 is 2. The summed E-state index contributed by atoms with van der Waals surface area (Å²) >= 11 is 0. The lowest BCUT2D eigenvalue weighted by Crippen LogP contribution is -2.50. The molecule has 1 atom stereocenters. The van der Waals surface area contributed by atoms with Crippen LogP contribution in [-0.4, -0.2) is 38.1 Å². The Morgan fingerprint density at radius 3 is 2.09 bits per heavy atom. The Bertz CT molecular complexity index is 560. The van der Waals surface area contributed by atoms with E-state index in [1.165, 1.54) is 14.2 Å². The first-order chi connectivity index (χ1) is 10.9. The van der Waals surface area contributed by atoms with Crippen molar-refractivity contribution >= 4 is 11.8 Å². The van der Waals surface area contributed by atoms with Gasteiger partial charge in [-0.15, -0.1) is 0 Å². The largest absolute Gasteiger partial charge is 0.497 e. The van der Waals surface area contributed by atoms with Gasteiger partial charge in [-0.05, 0) is 30.9 Å². The number of carbonyl (C=O) groups is 2. The smallest absolute Gasteiger partial charge is 0.252 e. The molecule has 0 saturated heterocycles. The first kappa shape index (κ1) is 17.1. The summed E-state index contributed by atoms with van der Waals surface area (Å²) in [5.74, 6) is 0.582. The Kier molecular flexibility index (Phi) is 5.47. The maximum absolute atomic E-state index is 12.5. The Morgan fingerprint density at radius 1 is 1.09 bits per heavy atom. The van der Waals surface area contributed by atoms with E-state index in [0.29, 0.717) is 17.1 Å². The van der Waals surface area contributed by atoms with Crippen LogP contribution in [0.15, 0.2) is 18.2 Å². The minimum Gasteiger partial charge on any atom is -0.497 e. The van der Waals surface area contributed by atoms with Crippen molar-refractivity contribution in [3.05, 3.63) is 23.8 Å². The number of ether oxygens (including phenoxy) is 2. The lowest BCUT2D eigenvalue weighted by molar-refractivity contribution is -0.124. The Labute approximate surface area is 136 Å². The van der Waals surface area contributed by atoms with Gasteiger partial charge in [0.1, 0.15) is 17.5 Å². The van der Waals surface area contributed by atoms with Crippen molar-refractivity contribution < 1.29 is 19.1 Å². The third-order valence-corrected chi connectivity index (χ3v) is 3.77. The molecule has 0 unspecified atom stereocenters. The predicted octanol–water partition coefficient (Wildman–Crippen LogP) is 1.74. The van der Waals surface area contributed by atoms with Crippen LogP contribution < -0.4 is 20.1 Å². The third-order valence-electron chi connectivity index (χ3n) is 3.77. The van der Waals surface area contributed by atoms with E-state index in [-0.39, 0.29) is 23.8 Å². The van der Waals surface area contributed by atoms with Gasteiger partial charge in [-0.3, -0.25) is 9.59 Å². The van der Waals surface area contributed by atoms with Gasteiger partial charge in [0.2, 0.25) is 5.91 Å². The molecule has 1 aliphatic rings. The summed E-state index contributed by atoms with van der Waals surface area (Å²) in [6, 6.07) is 4.62. The maximum atomic E-state index is 12.5. The van der Waals surface area contributed by atoms with E-state index in [9.17, 15) is 9.59 Å². The molecular formula is C17H24N2O4. The van der Waals surface area contributed by atoms with Crippen LogP contribution in [0.1, 0.15) is 37.0 Å². The second kappa shape index (κ2) is 7.35. The molecule has 2 rings (SSSR count). The van der Waals surface area contributed by atoms with E-state index in [1.807, 2.05) is 13.8 Å². The molecule has 2 amide bonds. The molecule has 0 aliphatic heterocycles. The first-order valence-electron chi connectivity index (χ1n) is 7.79. The van der Waals surface area contributed by atoms with Crippen LogP contribution in [0.4, 0.5) is 0 Å². The quantitative estimate of drug-likeness (QED) is 0.802. The molecule has 6 nitrogen and oxygen atoms in total. The SMILES string of the molecule is COc1cc(OC)cc(C(=O)N[C@@H](C(=O)NC2CC2)C(C)C)c1. The minimum atomic E-state index is -0.569. The van der Waals surface area contributed by atoms with Crippen LogP contribution >= 0.6 is 0 Å². The van der Waals surface area contributed by atoms with E-state index in [4.69, 9.17) is 9.47 Å². The summed E-state index contributed by atoms with van der Waals surface area (Å²) in [7, 11) is 3.05. The van der Waals surface area contributed by atoms with Gasteiger partial charge < -0.3 is 20.1 Å². The van der Waals surface area contributed by atoms with Crippen molar-refractivity contribution in [3.8, 4) is 11.5 Å². The van der Waals surface area contributed by atoms with Gasteiger partial charge in [0.15, 0.2) is 0 Å². The molecule has 0 aromatic heterocycles. The molecule has 1 aliphatic carbocycles. The van der Waals surface area contributed by atoms with Crippen molar-refractivity contribution in [2.24, 2.45) is 5.92 Å². The minimum absolute atomic E-state index is 0.00907. The van der Waals surface area contributed by atoms with E-state index in [0.717, 1.165) is 12.8 Å². The van der Waals surface area contributed by atoms with Gasteiger partial charge >= 0.3 is 0 Å². The number of hydrogen-bond acceptors (Lipinski definition) is 4. The number of amides is 2. The van der Waals surface area contributed by atoms with E-state index < -0.39 is 6.04 Å². The number of hydrogen-bond donors (Lipinski definition) is 2. The Morgan fingerprint density at radius 2 is 1.65 bits per heavy atom. The molecule has 1 saturated carbocycles. The summed E-state index contributed by atoms with van der Waals surface area (Å²) in [5, 5.41) is 5.74. The Hall–Kier alpha value is -2.24. The van der Waals surface area contributed by atoms with E-state index in [1.54, 1.807) is 18.2 Å². The molecule has 126 valence electrons. The molecule has 2 N–H and O–H groups in total. The highest BCUT2D eigenvalue weighted by Gasteiger charge is 2.30.